The zero-order valence-electron chi connectivity index (χ0n) is 12.5. The number of nitrogens with one attached hydrogen (secondary N) is 3. The van der Waals surface area contributed by atoms with Gasteiger partial charge in [0.15, 0.2) is 0 Å². The minimum atomic E-state index is -0.0285. The van der Waals surface area contributed by atoms with E-state index >= 15 is 0 Å². The van der Waals surface area contributed by atoms with Crippen LogP contribution in [0.3, 0.4) is 0 Å². The predicted octanol–water partition coefficient (Wildman–Crippen LogP) is 1.88. The Kier molecular flexibility index (Phi) is 3.66. The number of carbonyl (C=O) groups excluding carboxylic acids is 2. The van der Waals surface area contributed by atoms with Gasteiger partial charge in [0, 0.05) is 30.4 Å². The Morgan fingerprint density at radius 1 is 1.23 bits per heavy atom. The van der Waals surface area contributed by atoms with Gasteiger partial charge in [-0.15, -0.1) is 11.3 Å². The van der Waals surface area contributed by atoms with Crippen molar-refractivity contribution in [1.82, 2.24) is 10.6 Å². The van der Waals surface area contributed by atoms with Crippen LogP contribution in [0.5, 0.6) is 0 Å². The fourth-order valence-corrected chi connectivity index (χ4v) is 4.07. The summed E-state index contributed by atoms with van der Waals surface area (Å²) in [7, 11) is 0. The molecule has 0 unspecified atom stereocenters. The number of fused-ring (bicyclic) bond motifs is 1. The molecule has 6 heteroatoms. The van der Waals surface area contributed by atoms with E-state index < -0.39 is 0 Å². The normalized spacial score (nSPS) is 20.4. The van der Waals surface area contributed by atoms with Crippen molar-refractivity contribution < 1.29 is 9.59 Å². The lowest BCUT2D eigenvalue weighted by Gasteiger charge is -2.14. The lowest BCUT2D eigenvalue weighted by molar-refractivity contribution is -0.117. The van der Waals surface area contributed by atoms with E-state index in [-0.39, 0.29) is 17.7 Å². The lowest BCUT2D eigenvalue weighted by Crippen LogP contribution is -2.30. The van der Waals surface area contributed by atoms with Crippen molar-refractivity contribution in [2.75, 3.05) is 18.4 Å². The Hall–Kier alpha value is -1.40. The van der Waals surface area contributed by atoms with Crippen LogP contribution in [0.2, 0.25) is 0 Å². The summed E-state index contributed by atoms with van der Waals surface area (Å²) < 4.78 is 0. The first-order valence-electron chi connectivity index (χ1n) is 8.16. The van der Waals surface area contributed by atoms with Crippen LogP contribution in [0, 0.1) is 11.8 Å². The van der Waals surface area contributed by atoms with Gasteiger partial charge in [-0.05, 0) is 43.6 Å². The molecule has 2 saturated carbocycles. The van der Waals surface area contributed by atoms with E-state index in [1.807, 2.05) is 0 Å². The third kappa shape index (κ3) is 2.90. The van der Waals surface area contributed by atoms with E-state index in [0.29, 0.717) is 11.5 Å². The van der Waals surface area contributed by atoms with Crippen LogP contribution in [0.25, 0.3) is 0 Å². The Balaban J connectivity index is 1.58. The zero-order chi connectivity index (χ0) is 15.1. The highest BCUT2D eigenvalue weighted by molar-refractivity contribution is 7.17. The van der Waals surface area contributed by atoms with Crippen molar-refractivity contribution in [1.29, 1.82) is 0 Å². The molecule has 0 spiro atoms. The van der Waals surface area contributed by atoms with Crippen LogP contribution in [-0.2, 0) is 17.8 Å². The standard InChI is InChI=1S/C16H21N3O2S/c20-14(10-3-4-10)19-16-13(15(21)18-7-9-1-2-9)11-8-17-6-5-12(11)22-16/h9-10,17H,1-8H2,(H,18,21)(H,19,20). The van der Waals surface area contributed by atoms with Crippen molar-refractivity contribution in [2.45, 2.75) is 38.6 Å². The van der Waals surface area contributed by atoms with Gasteiger partial charge in [-0.1, -0.05) is 0 Å². The molecule has 0 saturated heterocycles. The summed E-state index contributed by atoms with van der Waals surface area (Å²) in [6, 6.07) is 0. The van der Waals surface area contributed by atoms with Gasteiger partial charge in [0.05, 0.1) is 5.56 Å². The summed E-state index contributed by atoms with van der Waals surface area (Å²) in [5.41, 5.74) is 1.78. The maximum absolute atomic E-state index is 12.6. The van der Waals surface area contributed by atoms with Crippen molar-refractivity contribution in [3.8, 4) is 0 Å². The number of amides is 2. The van der Waals surface area contributed by atoms with Crippen molar-refractivity contribution in [2.24, 2.45) is 11.8 Å². The predicted molar refractivity (Wildman–Crippen MR) is 86.1 cm³/mol. The Labute approximate surface area is 133 Å². The minimum Gasteiger partial charge on any atom is -0.352 e. The maximum atomic E-state index is 12.6. The average Bonchev–Trinajstić information content (AvgIpc) is 3.41. The first-order valence-corrected chi connectivity index (χ1v) is 8.98. The largest absolute Gasteiger partial charge is 0.352 e. The van der Waals surface area contributed by atoms with Gasteiger partial charge in [0.25, 0.3) is 5.91 Å². The fraction of sp³-hybridized carbons (Fsp3) is 0.625. The lowest BCUT2D eigenvalue weighted by atomic mass is 10.0. The van der Waals surface area contributed by atoms with Gasteiger partial charge in [0.1, 0.15) is 5.00 Å². The summed E-state index contributed by atoms with van der Waals surface area (Å²) in [5.74, 6) is 0.850. The molecule has 0 aromatic carbocycles. The molecule has 5 nitrogen and oxygen atoms in total. The Bertz CT molecular complexity index is 617. The molecule has 3 N–H and O–H groups in total. The van der Waals surface area contributed by atoms with Crippen molar-refractivity contribution in [3.05, 3.63) is 16.0 Å². The quantitative estimate of drug-likeness (QED) is 0.776. The molecule has 1 aliphatic heterocycles. The van der Waals surface area contributed by atoms with Crippen LogP contribution < -0.4 is 16.0 Å². The second-order valence-electron chi connectivity index (χ2n) is 6.55. The number of hydrogen-bond donors (Lipinski definition) is 3. The number of hydrogen-bond acceptors (Lipinski definition) is 4. The molecule has 22 heavy (non-hydrogen) atoms. The van der Waals surface area contributed by atoms with Gasteiger partial charge in [-0.2, -0.15) is 0 Å². The third-order valence-corrected chi connectivity index (χ3v) is 5.79. The number of rotatable bonds is 5. The molecule has 2 heterocycles. The molecule has 2 aliphatic carbocycles. The van der Waals surface area contributed by atoms with Crippen molar-refractivity contribution >= 4 is 28.2 Å². The molecule has 4 rings (SSSR count). The SMILES string of the molecule is O=C(NCC1CC1)c1c(NC(=O)C2CC2)sc2c1CNCC2. The fourth-order valence-electron chi connectivity index (χ4n) is 2.85. The average molecular weight is 319 g/mol. The first-order chi connectivity index (χ1) is 10.7. The van der Waals surface area contributed by atoms with Crippen LogP contribution >= 0.6 is 11.3 Å². The molecule has 1 aromatic heterocycles. The van der Waals surface area contributed by atoms with E-state index in [1.165, 1.54) is 17.7 Å². The Morgan fingerprint density at radius 3 is 2.77 bits per heavy atom. The van der Waals surface area contributed by atoms with Gasteiger partial charge < -0.3 is 16.0 Å². The van der Waals surface area contributed by atoms with Gasteiger partial charge in [-0.3, -0.25) is 9.59 Å². The molecule has 0 bridgehead atoms. The van der Waals surface area contributed by atoms with Crippen LogP contribution in [-0.4, -0.2) is 24.9 Å². The third-order valence-electron chi connectivity index (χ3n) is 4.58. The minimum absolute atomic E-state index is 0.0285. The van der Waals surface area contributed by atoms with Gasteiger partial charge >= 0.3 is 0 Å². The molecular formula is C16H21N3O2S. The number of thiophene rings is 1. The van der Waals surface area contributed by atoms with E-state index in [0.717, 1.165) is 49.5 Å². The molecule has 1 aromatic rings. The summed E-state index contributed by atoms with van der Waals surface area (Å²) >= 11 is 1.58. The second kappa shape index (κ2) is 5.66. The van der Waals surface area contributed by atoms with E-state index in [2.05, 4.69) is 16.0 Å². The van der Waals surface area contributed by atoms with Crippen molar-refractivity contribution in [3.63, 3.8) is 0 Å². The van der Waals surface area contributed by atoms with Crippen LogP contribution in [0.4, 0.5) is 5.00 Å². The number of anilines is 1. The molecule has 118 valence electrons. The number of carbonyl (C=O) groups is 2. The molecule has 2 amide bonds. The topological polar surface area (TPSA) is 70.2 Å². The summed E-state index contributed by atoms with van der Waals surface area (Å²) in [6.07, 6.45) is 5.31. The van der Waals surface area contributed by atoms with Gasteiger partial charge in [-0.25, -0.2) is 0 Å². The van der Waals surface area contributed by atoms with E-state index in [4.69, 9.17) is 0 Å². The maximum Gasteiger partial charge on any atom is 0.254 e. The van der Waals surface area contributed by atoms with Crippen LogP contribution in [0.15, 0.2) is 0 Å². The molecule has 0 radical (unpaired) electrons. The van der Waals surface area contributed by atoms with E-state index in [9.17, 15) is 9.59 Å². The first kappa shape index (κ1) is 14.2. The summed E-state index contributed by atoms with van der Waals surface area (Å²) in [5, 5.41) is 10.1. The summed E-state index contributed by atoms with van der Waals surface area (Å²) in [4.78, 5) is 25.9. The monoisotopic (exact) mass is 319 g/mol. The molecule has 0 atom stereocenters. The summed E-state index contributed by atoms with van der Waals surface area (Å²) in [6.45, 7) is 2.41. The zero-order valence-corrected chi connectivity index (χ0v) is 13.4. The van der Waals surface area contributed by atoms with E-state index in [1.54, 1.807) is 11.3 Å². The Morgan fingerprint density at radius 2 is 2.05 bits per heavy atom. The highest BCUT2D eigenvalue weighted by Gasteiger charge is 2.33. The molecule has 2 fully saturated rings. The smallest absolute Gasteiger partial charge is 0.254 e. The second-order valence-corrected chi connectivity index (χ2v) is 7.66. The highest BCUT2D eigenvalue weighted by atomic mass is 32.1. The molecular weight excluding hydrogens is 298 g/mol. The van der Waals surface area contributed by atoms with Crippen LogP contribution in [0.1, 0.15) is 46.5 Å². The molecule has 3 aliphatic rings. The highest BCUT2D eigenvalue weighted by Crippen LogP contribution is 2.38. The van der Waals surface area contributed by atoms with Gasteiger partial charge in [0.2, 0.25) is 5.91 Å².